The molecule has 1 N–H and O–H groups in total. The van der Waals surface area contributed by atoms with E-state index in [4.69, 9.17) is 0 Å². The minimum atomic E-state index is -3.90. The van der Waals surface area contributed by atoms with Crippen LogP contribution in [0.5, 0.6) is 0 Å². The lowest BCUT2D eigenvalue weighted by molar-refractivity contribution is -0.114. The molecule has 0 fully saturated rings. The van der Waals surface area contributed by atoms with Gasteiger partial charge in [-0.15, -0.1) is 0 Å². The van der Waals surface area contributed by atoms with Crippen molar-refractivity contribution in [3.8, 4) is 0 Å². The number of benzene rings is 3. The zero-order valence-electron chi connectivity index (χ0n) is 15.8. The predicted molar refractivity (Wildman–Crippen MR) is 112 cm³/mol. The summed E-state index contributed by atoms with van der Waals surface area (Å²) in [5.41, 5.74) is 2.93. The summed E-state index contributed by atoms with van der Waals surface area (Å²) in [5, 5.41) is 2.74. The molecule has 144 valence electrons. The Kier molecular flexibility index (Phi) is 5.80. The van der Waals surface area contributed by atoms with E-state index in [0.717, 1.165) is 15.4 Å². The van der Waals surface area contributed by atoms with Crippen LogP contribution >= 0.6 is 0 Å². The third-order valence-corrected chi connectivity index (χ3v) is 6.03. The molecule has 0 aliphatic carbocycles. The number of sulfonamides is 1. The highest BCUT2D eigenvalue weighted by molar-refractivity contribution is 7.92. The van der Waals surface area contributed by atoms with Crippen LogP contribution in [0.3, 0.4) is 0 Å². The van der Waals surface area contributed by atoms with Crippen molar-refractivity contribution in [1.82, 2.24) is 0 Å². The number of amides is 1. The maximum absolute atomic E-state index is 13.3. The molecule has 1 amide bonds. The predicted octanol–water partition coefficient (Wildman–Crippen LogP) is 4.14. The molecule has 0 unspecified atom stereocenters. The van der Waals surface area contributed by atoms with Gasteiger partial charge in [0.15, 0.2) is 0 Å². The first-order valence-electron chi connectivity index (χ1n) is 8.87. The summed E-state index contributed by atoms with van der Waals surface area (Å²) in [5.74, 6) is -0.414. The van der Waals surface area contributed by atoms with E-state index in [1.54, 1.807) is 66.7 Å². The highest BCUT2D eigenvalue weighted by Gasteiger charge is 2.27. The second kappa shape index (κ2) is 8.27. The number of para-hydroxylation sites is 1. The van der Waals surface area contributed by atoms with Crippen LogP contribution in [0.15, 0.2) is 83.8 Å². The smallest absolute Gasteiger partial charge is 0.264 e. The lowest BCUT2D eigenvalue weighted by Gasteiger charge is -2.24. The normalized spacial score (nSPS) is 11.1. The Balaban J connectivity index is 1.95. The second-order valence-electron chi connectivity index (χ2n) is 6.58. The zero-order valence-corrected chi connectivity index (χ0v) is 16.6. The van der Waals surface area contributed by atoms with E-state index in [0.29, 0.717) is 11.4 Å². The lowest BCUT2D eigenvalue weighted by atomic mass is 10.2. The van der Waals surface area contributed by atoms with Crippen LogP contribution in [0.4, 0.5) is 11.4 Å². The van der Waals surface area contributed by atoms with Gasteiger partial charge in [-0.2, -0.15) is 0 Å². The quantitative estimate of drug-likeness (QED) is 0.683. The van der Waals surface area contributed by atoms with E-state index < -0.39 is 15.9 Å². The first kappa shape index (κ1) is 19.6. The average Bonchev–Trinajstić information content (AvgIpc) is 2.67. The molecule has 3 aromatic rings. The number of nitrogens with one attached hydrogen (secondary N) is 1. The van der Waals surface area contributed by atoms with Crippen LogP contribution in [-0.4, -0.2) is 20.9 Å². The average molecular weight is 394 g/mol. The van der Waals surface area contributed by atoms with Crippen molar-refractivity contribution in [3.63, 3.8) is 0 Å². The molecule has 3 rings (SSSR count). The third kappa shape index (κ3) is 4.58. The van der Waals surface area contributed by atoms with Crippen molar-refractivity contribution < 1.29 is 13.2 Å². The molecule has 0 heterocycles. The Hall–Kier alpha value is -3.12. The molecule has 0 bridgehead atoms. The van der Waals surface area contributed by atoms with Crippen molar-refractivity contribution in [2.75, 3.05) is 16.2 Å². The molecule has 5 nitrogen and oxygen atoms in total. The highest BCUT2D eigenvalue weighted by Crippen LogP contribution is 2.25. The van der Waals surface area contributed by atoms with Crippen LogP contribution in [-0.2, 0) is 14.8 Å². The van der Waals surface area contributed by atoms with E-state index in [-0.39, 0.29) is 11.4 Å². The lowest BCUT2D eigenvalue weighted by Crippen LogP contribution is -2.38. The van der Waals surface area contributed by atoms with E-state index in [1.165, 1.54) is 0 Å². The Morgan fingerprint density at radius 3 is 2.18 bits per heavy atom. The SMILES string of the molecule is Cc1ccc(S(=O)(=O)N(CC(=O)Nc2ccccc2)c2cccc(C)c2)cc1. The summed E-state index contributed by atoms with van der Waals surface area (Å²) < 4.78 is 27.7. The van der Waals surface area contributed by atoms with Gasteiger partial charge in [0.05, 0.1) is 10.6 Å². The minimum absolute atomic E-state index is 0.145. The number of carbonyl (C=O) groups is 1. The van der Waals surface area contributed by atoms with Crippen LogP contribution < -0.4 is 9.62 Å². The molecule has 0 spiro atoms. The molecular weight excluding hydrogens is 372 g/mol. The Morgan fingerprint density at radius 2 is 1.54 bits per heavy atom. The van der Waals surface area contributed by atoms with Gasteiger partial charge in [-0.1, -0.05) is 48.0 Å². The van der Waals surface area contributed by atoms with E-state index in [9.17, 15) is 13.2 Å². The van der Waals surface area contributed by atoms with Crippen molar-refractivity contribution in [3.05, 3.63) is 90.0 Å². The van der Waals surface area contributed by atoms with Crippen LogP contribution in [0.25, 0.3) is 0 Å². The monoisotopic (exact) mass is 394 g/mol. The fourth-order valence-corrected chi connectivity index (χ4v) is 4.20. The number of aryl methyl sites for hydroxylation is 2. The number of hydrogen-bond donors (Lipinski definition) is 1. The molecule has 3 aromatic carbocycles. The van der Waals surface area contributed by atoms with Gasteiger partial charge in [0.25, 0.3) is 10.0 Å². The van der Waals surface area contributed by atoms with Gasteiger partial charge in [0.2, 0.25) is 5.91 Å². The molecule has 28 heavy (non-hydrogen) atoms. The van der Waals surface area contributed by atoms with Gasteiger partial charge in [0.1, 0.15) is 6.54 Å². The minimum Gasteiger partial charge on any atom is -0.325 e. The molecule has 6 heteroatoms. The highest BCUT2D eigenvalue weighted by atomic mass is 32.2. The van der Waals surface area contributed by atoms with Crippen LogP contribution in [0, 0.1) is 13.8 Å². The zero-order chi connectivity index (χ0) is 20.1. The van der Waals surface area contributed by atoms with Crippen molar-refractivity contribution in [2.24, 2.45) is 0 Å². The summed E-state index contributed by atoms with van der Waals surface area (Å²) in [6.07, 6.45) is 0. The van der Waals surface area contributed by atoms with Gasteiger partial charge in [0, 0.05) is 5.69 Å². The molecule has 0 aliphatic rings. The number of hydrogen-bond acceptors (Lipinski definition) is 3. The van der Waals surface area contributed by atoms with Gasteiger partial charge in [-0.3, -0.25) is 9.10 Å². The van der Waals surface area contributed by atoms with Gasteiger partial charge >= 0.3 is 0 Å². The molecule has 0 saturated heterocycles. The molecule has 0 saturated carbocycles. The third-order valence-electron chi connectivity index (χ3n) is 4.24. The van der Waals surface area contributed by atoms with Crippen LogP contribution in [0.1, 0.15) is 11.1 Å². The topological polar surface area (TPSA) is 66.5 Å². The molecule has 0 aliphatic heterocycles. The second-order valence-corrected chi connectivity index (χ2v) is 8.44. The Bertz CT molecular complexity index is 1060. The maximum Gasteiger partial charge on any atom is 0.264 e. The largest absolute Gasteiger partial charge is 0.325 e. The first-order valence-corrected chi connectivity index (χ1v) is 10.3. The van der Waals surface area contributed by atoms with Crippen LogP contribution in [0.2, 0.25) is 0 Å². The number of anilines is 2. The molecule has 0 aromatic heterocycles. The number of carbonyl (C=O) groups excluding carboxylic acids is 1. The van der Waals surface area contributed by atoms with E-state index >= 15 is 0 Å². The molecule has 0 atom stereocenters. The fraction of sp³-hybridized carbons (Fsp3) is 0.136. The van der Waals surface area contributed by atoms with E-state index in [1.807, 2.05) is 26.0 Å². The summed E-state index contributed by atoms with van der Waals surface area (Å²) in [7, 11) is -3.90. The summed E-state index contributed by atoms with van der Waals surface area (Å²) in [6, 6.07) is 22.6. The first-order chi connectivity index (χ1) is 13.4. The summed E-state index contributed by atoms with van der Waals surface area (Å²) in [4.78, 5) is 12.7. The van der Waals surface area contributed by atoms with Gasteiger partial charge < -0.3 is 5.32 Å². The standard InChI is InChI=1S/C22H22N2O3S/c1-17-11-13-21(14-12-17)28(26,27)24(20-10-6-7-18(2)15-20)16-22(25)23-19-8-4-3-5-9-19/h3-15H,16H2,1-2H3,(H,23,25). The molecular formula is C22H22N2O3S. The van der Waals surface area contributed by atoms with E-state index in [2.05, 4.69) is 5.32 Å². The van der Waals surface area contributed by atoms with Crippen molar-refractivity contribution in [2.45, 2.75) is 18.7 Å². The van der Waals surface area contributed by atoms with Gasteiger partial charge in [-0.05, 0) is 55.8 Å². The van der Waals surface area contributed by atoms with Gasteiger partial charge in [-0.25, -0.2) is 8.42 Å². The van der Waals surface area contributed by atoms with Crippen molar-refractivity contribution >= 4 is 27.3 Å². The summed E-state index contributed by atoms with van der Waals surface area (Å²) >= 11 is 0. The Morgan fingerprint density at radius 1 is 0.857 bits per heavy atom. The Labute approximate surface area is 165 Å². The molecule has 0 radical (unpaired) electrons. The maximum atomic E-state index is 13.3. The number of nitrogens with zero attached hydrogens (tertiary/aromatic N) is 1. The number of rotatable bonds is 6. The fourth-order valence-electron chi connectivity index (χ4n) is 2.79. The summed E-state index contributed by atoms with van der Waals surface area (Å²) in [6.45, 7) is 3.45. The van der Waals surface area contributed by atoms with Crippen molar-refractivity contribution in [1.29, 1.82) is 0 Å².